The second-order valence-electron chi connectivity index (χ2n) is 5.27. The van der Waals surface area contributed by atoms with Crippen molar-refractivity contribution in [3.63, 3.8) is 0 Å². The number of nitrogens with zero attached hydrogens (tertiary/aromatic N) is 2. The number of hydrogen-bond donors (Lipinski definition) is 0. The molecule has 0 aromatic heterocycles. The van der Waals surface area contributed by atoms with Crippen molar-refractivity contribution in [2.24, 2.45) is 0 Å². The maximum absolute atomic E-state index is 13.1. The van der Waals surface area contributed by atoms with Crippen LogP contribution in [0.15, 0.2) is 0 Å². The molecule has 0 bridgehead atoms. The van der Waals surface area contributed by atoms with Crippen LogP contribution in [0.4, 0.5) is 13.2 Å². The average molecular weight is 306 g/mol. The standard InChI is InChI=1S/C13H17F3N2O3/c14-13(15,16)12(9-17)4-2-5-18(12)11(19)8-20-7-10-3-1-6-21-10/h10H,1-8H2. The van der Waals surface area contributed by atoms with Crippen molar-refractivity contribution in [2.75, 3.05) is 26.4 Å². The first kappa shape index (κ1) is 16.0. The van der Waals surface area contributed by atoms with E-state index in [-0.39, 0.29) is 32.1 Å². The van der Waals surface area contributed by atoms with Crippen LogP contribution in [0.3, 0.4) is 0 Å². The SMILES string of the molecule is N#CC1(C(F)(F)F)CCCN1C(=O)COCC1CCCO1. The van der Waals surface area contributed by atoms with Crippen LogP contribution >= 0.6 is 0 Å². The zero-order valence-electron chi connectivity index (χ0n) is 11.5. The molecule has 0 saturated carbocycles. The van der Waals surface area contributed by atoms with Crippen molar-refractivity contribution in [1.82, 2.24) is 4.90 Å². The molecular weight excluding hydrogens is 289 g/mol. The third kappa shape index (κ3) is 3.14. The Balaban J connectivity index is 1.92. The zero-order valence-corrected chi connectivity index (χ0v) is 11.5. The molecule has 2 rings (SSSR count). The Morgan fingerprint density at radius 2 is 2.24 bits per heavy atom. The zero-order chi connectivity index (χ0) is 15.5. The number of hydrogen-bond acceptors (Lipinski definition) is 4. The van der Waals surface area contributed by atoms with Gasteiger partial charge >= 0.3 is 6.18 Å². The van der Waals surface area contributed by atoms with Gasteiger partial charge in [0.1, 0.15) is 12.7 Å². The second-order valence-corrected chi connectivity index (χ2v) is 5.27. The Bertz CT molecular complexity index is 429. The van der Waals surface area contributed by atoms with E-state index in [9.17, 15) is 18.0 Å². The Kier molecular flexibility index (Phi) is 4.74. The predicted molar refractivity (Wildman–Crippen MR) is 65.1 cm³/mol. The number of rotatable bonds is 4. The van der Waals surface area contributed by atoms with E-state index in [2.05, 4.69) is 0 Å². The normalized spacial score (nSPS) is 29.6. The van der Waals surface area contributed by atoms with E-state index in [0.717, 1.165) is 12.8 Å². The third-order valence-corrected chi connectivity index (χ3v) is 3.89. The minimum atomic E-state index is -4.76. The summed E-state index contributed by atoms with van der Waals surface area (Å²) in [7, 11) is 0. The highest BCUT2D eigenvalue weighted by molar-refractivity contribution is 5.79. The highest BCUT2D eigenvalue weighted by Gasteiger charge is 2.62. The lowest BCUT2D eigenvalue weighted by atomic mass is 9.97. The van der Waals surface area contributed by atoms with Gasteiger partial charge in [0.25, 0.3) is 0 Å². The van der Waals surface area contributed by atoms with E-state index in [1.807, 2.05) is 0 Å². The summed E-state index contributed by atoms with van der Waals surface area (Å²) in [5.74, 6) is -0.802. The first-order valence-corrected chi connectivity index (χ1v) is 6.88. The Morgan fingerprint density at radius 1 is 1.48 bits per heavy atom. The Morgan fingerprint density at radius 3 is 2.81 bits per heavy atom. The smallest absolute Gasteiger partial charge is 0.376 e. The van der Waals surface area contributed by atoms with Crippen molar-refractivity contribution >= 4 is 5.91 Å². The molecule has 21 heavy (non-hydrogen) atoms. The number of amides is 1. The van der Waals surface area contributed by atoms with Gasteiger partial charge in [-0.1, -0.05) is 0 Å². The first-order chi connectivity index (χ1) is 9.90. The van der Waals surface area contributed by atoms with Gasteiger partial charge in [0, 0.05) is 13.2 Å². The van der Waals surface area contributed by atoms with Crippen molar-refractivity contribution in [3.8, 4) is 6.07 Å². The largest absolute Gasteiger partial charge is 0.425 e. The summed E-state index contributed by atoms with van der Waals surface area (Å²) in [4.78, 5) is 12.5. The van der Waals surface area contributed by atoms with Crippen molar-refractivity contribution < 1.29 is 27.4 Å². The van der Waals surface area contributed by atoms with Crippen molar-refractivity contribution in [1.29, 1.82) is 5.26 Å². The van der Waals surface area contributed by atoms with Crippen LogP contribution in [0, 0.1) is 11.3 Å². The summed E-state index contributed by atoms with van der Waals surface area (Å²) in [5, 5.41) is 8.94. The van der Waals surface area contributed by atoms with Gasteiger partial charge < -0.3 is 14.4 Å². The van der Waals surface area contributed by atoms with E-state index in [4.69, 9.17) is 14.7 Å². The van der Waals surface area contributed by atoms with Crippen molar-refractivity contribution in [3.05, 3.63) is 0 Å². The molecular formula is C13H17F3N2O3. The molecule has 0 aromatic rings. The lowest BCUT2D eigenvalue weighted by Crippen LogP contribution is -2.57. The van der Waals surface area contributed by atoms with Gasteiger partial charge in [-0.3, -0.25) is 4.79 Å². The molecule has 0 aliphatic carbocycles. The van der Waals surface area contributed by atoms with E-state index < -0.39 is 24.2 Å². The summed E-state index contributed by atoms with van der Waals surface area (Å²) in [6, 6.07) is 1.28. The van der Waals surface area contributed by atoms with Gasteiger partial charge in [0.15, 0.2) is 0 Å². The van der Waals surface area contributed by atoms with Gasteiger partial charge in [0.05, 0.1) is 12.7 Å². The number of likely N-dealkylation sites (tertiary alicyclic amines) is 1. The summed E-state index contributed by atoms with van der Waals surface area (Å²) in [6.07, 6.45) is -3.35. The van der Waals surface area contributed by atoms with Crippen LogP contribution < -0.4 is 0 Å². The first-order valence-electron chi connectivity index (χ1n) is 6.88. The fourth-order valence-corrected chi connectivity index (χ4v) is 2.76. The van der Waals surface area contributed by atoms with E-state index >= 15 is 0 Å². The lowest BCUT2D eigenvalue weighted by Gasteiger charge is -2.34. The highest BCUT2D eigenvalue weighted by atomic mass is 19.4. The lowest BCUT2D eigenvalue weighted by molar-refractivity contribution is -0.207. The summed E-state index contributed by atoms with van der Waals surface area (Å²) >= 11 is 0. The minimum Gasteiger partial charge on any atom is -0.376 e. The molecule has 0 N–H and O–H groups in total. The molecule has 2 aliphatic rings. The molecule has 0 spiro atoms. The van der Waals surface area contributed by atoms with E-state index in [1.54, 1.807) is 0 Å². The van der Waals surface area contributed by atoms with Gasteiger partial charge in [-0.25, -0.2) is 0 Å². The molecule has 2 fully saturated rings. The average Bonchev–Trinajstić information content (AvgIpc) is 3.06. The monoisotopic (exact) mass is 306 g/mol. The number of carbonyl (C=O) groups excluding carboxylic acids is 1. The predicted octanol–water partition coefficient (Wildman–Crippen LogP) is 1.63. The quantitative estimate of drug-likeness (QED) is 0.792. The minimum absolute atomic E-state index is 0.0742. The van der Waals surface area contributed by atoms with Gasteiger partial charge in [-0.05, 0) is 25.7 Å². The molecule has 1 amide bonds. The molecule has 8 heteroatoms. The van der Waals surface area contributed by atoms with Crippen LogP contribution in [-0.4, -0.2) is 55.0 Å². The van der Waals surface area contributed by atoms with Crippen LogP contribution in [0.1, 0.15) is 25.7 Å². The number of ether oxygens (including phenoxy) is 2. The molecule has 2 heterocycles. The highest BCUT2D eigenvalue weighted by Crippen LogP contribution is 2.42. The van der Waals surface area contributed by atoms with Gasteiger partial charge in [-0.2, -0.15) is 18.4 Å². The molecule has 2 aliphatic heterocycles. The molecule has 0 radical (unpaired) electrons. The molecule has 2 unspecified atom stereocenters. The third-order valence-electron chi connectivity index (χ3n) is 3.89. The summed E-state index contributed by atoms with van der Waals surface area (Å²) in [6.45, 7) is 0.291. The molecule has 2 atom stereocenters. The summed E-state index contributed by atoms with van der Waals surface area (Å²) < 4.78 is 49.8. The van der Waals surface area contributed by atoms with Crippen LogP contribution in [0.25, 0.3) is 0 Å². The molecule has 5 nitrogen and oxygen atoms in total. The topological polar surface area (TPSA) is 62.6 Å². The number of nitriles is 1. The van der Waals surface area contributed by atoms with Crippen molar-refractivity contribution in [2.45, 2.75) is 43.5 Å². The number of alkyl halides is 3. The van der Waals surface area contributed by atoms with Crippen LogP contribution in [0.2, 0.25) is 0 Å². The molecule has 118 valence electrons. The second kappa shape index (κ2) is 6.20. The summed E-state index contributed by atoms with van der Waals surface area (Å²) in [5.41, 5.74) is -2.71. The molecule has 2 saturated heterocycles. The van der Waals surface area contributed by atoms with E-state index in [0.29, 0.717) is 11.5 Å². The van der Waals surface area contributed by atoms with Crippen LogP contribution in [-0.2, 0) is 14.3 Å². The fourth-order valence-electron chi connectivity index (χ4n) is 2.76. The van der Waals surface area contributed by atoms with E-state index in [1.165, 1.54) is 6.07 Å². The number of carbonyl (C=O) groups is 1. The fraction of sp³-hybridized carbons (Fsp3) is 0.846. The van der Waals surface area contributed by atoms with Gasteiger partial charge in [0.2, 0.25) is 11.4 Å². The van der Waals surface area contributed by atoms with Crippen LogP contribution in [0.5, 0.6) is 0 Å². The maximum atomic E-state index is 13.1. The molecule has 0 aromatic carbocycles. The Labute approximate surface area is 120 Å². The number of halogens is 3. The Hall–Kier alpha value is -1.33. The maximum Gasteiger partial charge on any atom is 0.425 e. The van der Waals surface area contributed by atoms with Gasteiger partial charge in [-0.15, -0.1) is 0 Å².